The number of aryl methyl sites for hydroxylation is 3. The van der Waals surface area contributed by atoms with Gasteiger partial charge in [-0.25, -0.2) is 0 Å². The van der Waals surface area contributed by atoms with Crippen molar-refractivity contribution in [3.63, 3.8) is 0 Å². The van der Waals surface area contributed by atoms with E-state index in [4.69, 9.17) is 4.18 Å². The minimum absolute atomic E-state index is 0.0566. The molecule has 2 aromatic carbocycles. The maximum Gasteiger partial charge on any atom is 0.342 e. The highest BCUT2D eigenvalue weighted by molar-refractivity contribution is 7.87. The molecule has 1 aromatic heterocycles. The molecule has 0 radical (unpaired) electrons. The number of para-hydroxylation sites is 2. The summed E-state index contributed by atoms with van der Waals surface area (Å²) < 4.78 is 31.8. The maximum absolute atomic E-state index is 12.5. The first-order valence-electron chi connectivity index (χ1n) is 6.82. The predicted octanol–water partition coefficient (Wildman–Crippen LogP) is 2.96. The van der Waals surface area contributed by atoms with Gasteiger partial charge in [0.2, 0.25) is 0 Å². The van der Waals surface area contributed by atoms with Crippen molar-refractivity contribution in [2.24, 2.45) is 7.05 Å². The number of imidazole rings is 1. The molecule has 5 nitrogen and oxygen atoms in total. The number of nitrogens with zero attached hydrogens (tertiary/aromatic N) is 2. The van der Waals surface area contributed by atoms with Crippen LogP contribution in [-0.2, 0) is 17.2 Å². The van der Waals surface area contributed by atoms with Gasteiger partial charge in [-0.15, -0.1) is 0 Å². The number of aromatic nitrogens is 2. The van der Waals surface area contributed by atoms with Gasteiger partial charge < -0.3 is 4.18 Å². The van der Waals surface area contributed by atoms with Gasteiger partial charge in [-0.05, 0) is 37.6 Å². The molecule has 0 unspecified atom stereocenters. The first-order valence-corrected chi connectivity index (χ1v) is 8.22. The van der Waals surface area contributed by atoms with Crippen molar-refractivity contribution in [3.05, 3.63) is 53.6 Å². The van der Waals surface area contributed by atoms with Gasteiger partial charge in [-0.1, -0.05) is 29.8 Å². The van der Waals surface area contributed by atoms with Crippen molar-refractivity contribution in [2.45, 2.75) is 18.7 Å². The highest BCUT2D eigenvalue weighted by Crippen LogP contribution is 2.24. The summed E-state index contributed by atoms with van der Waals surface area (Å²) in [6, 6.07) is 12.6. The SMILES string of the molecule is Cc1ccc(S(=O)(=O)Oc2nc3ccccc3n2C)c(C)c1. The van der Waals surface area contributed by atoms with Crippen LogP contribution >= 0.6 is 0 Å². The molecule has 3 aromatic rings. The average Bonchev–Trinajstić information content (AvgIpc) is 2.75. The van der Waals surface area contributed by atoms with Crippen LogP contribution in [0, 0.1) is 13.8 Å². The van der Waals surface area contributed by atoms with Crippen LogP contribution in [0.15, 0.2) is 47.4 Å². The average molecular weight is 316 g/mol. The van der Waals surface area contributed by atoms with Gasteiger partial charge in [0.05, 0.1) is 11.0 Å². The van der Waals surface area contributed by atoms with E-state index in [1.165, 1.54) is 0 Å². The van der Waals surface area contributed by atoms with Crippen molar-refractivity contribution < 1.29 is 12.6 Å². The Balaban J connectivity index is 2.05. The van der Waals surface area contributed by atoms with Gasteiger partial charge in [0.1, 0.15) is 4.90 Å². The zero-order valence-corrected chi connectivity index (χ0v) is 13.4. The summed E-state index contributed by atoms with van der Waals surface area (Å²) in [6.45, 7) is 3.66. The third kappa shape index (κ3) is 2.46. The van der Waals surface area contributed by atoms with Crippen LogP contribution < -0.4 is 4.18 Å². The standard InChI is InChI=1S/C16H16N2O3S/c1-11-8-9-15(12(2)10-11)22(19,20)21-16-17-13-6-4-5-7-14(13)18(16)3/h4-10H,1-3H3. The second-order valence-electron chi connectivity index (χ2n) is 5.25. The number of hydrogen-bond donors (Lipinski definition) is 0. The monoisotopic (exact) mass is 316 g/mol. The molecule has 6 heteroatoms. The molecule has 1 heterocycles. The van der Waals surface area contributed by atoms with E-state index in [9.17, 15) is 8.42 Å². The van der Waals surface area contributed by atoms with Gasteiger partial charge in [-0.2, -0.15) is 13.4 Å². The van der Waals surface area contributed by atoms with Gasteiger partial charge in [0.25, 0.3) is 0 Å². The number of hydrogen-bond acceptors (Lipinski definition) is 4. The summed E-state index contributed by atoms with van der Waals surface area (Å²) in [7, 11) is -2.19. The van der Waals surface area contributed by atoms with Crippen molar-refractivity contribution in [2.75, 3.05) is 0 Å². The molecular formula is C16H16N2O3S. The van der Waals surface area contributed by atoms with E-state index in [1.807, 2.05) is 37.3 Å². The molecule has 0 N–H and O–H groups in total. The van der Waals surface area contributed by atoms with E-state index < -0.39 is 10.1 Å². The van der Waals surface area contributed by atoms with Gasteiger partial charge in [-0.3, -0.25) is 4.57 Å². The molecule has 0 spiro atoms. The molecule has 0 saturated carbocycles. The Morgan fingerprint density at radius 2 is 1.82 bits per heavy atom. The summed E-state index contributed by atoms with van der Waals surface area (Å²) in [5.74, 6) is 0. The molecule has 0 aliphatic rings. The van der Waals surface area contributed by atoms with Crippen LogP contribution in [0.4, 0.5) is 0 Å². The van der Waals surface area contributed by atoms with Crippen molar-refractivity contribution in [1.82, 2.24) is 9.55 Å². The zero-order chi connectivity index (χ0) is 15.9. The fourth-order valence-electron chi connectivity index (χ4n) is 2.42. The fraction of sp³-hybridized carbons (Fsp3) is 0.188. The molecule has 114 valence electrons. The lowest BCUT2D eigenvalue weighted by molar-refractivity contribution is 0.454. The fourth-order valence-corrected chi connectivity index (χ4v) is 3.54. The lowest BCUT2D eigenvalue weighted by Gasteiger charge is -2.09. The van der Waals surface area contributed by atoms with Crippen molar-refractivity contribution >= 4 is 21.2 Å². The van der Waals surface area contributed by atoms with Crippen LogP contribution in [0.2, 0.25) is 0 Å². The van der Waals surface area contributed by atoms with Gasteiger partial charge >= 0.3 is 16.1 Å². The third-order valence-corrected chi connectivity index (χ3v) is 4.90. The van der Waals surface area contributed by atoms with E-state index in [-0.39, 0.29) is 10.9 Å². The van der Waals surface area contributed by atoms with Crippen molar-refractivity contribution in [3.8, 4) is 6.01 Å². The topological polar surface area (TPSA) is 61.2 Å². The minimum Gasteiger partial charge on any atom is -0.341 e. The van der Waals surface area contributed by atoms with Crippen LogP contribution in [0.1, 0.15) is 11.1 Å². The largest absolute Gasteiger partial charge is 0.342 e. The molecule has 0 amide bonds. The van der Waals surface area contributed by atoms with Crippen LogP contribution in [0.3, 0.4) is 0 Å². The zero-order valence-electron chi connectivity index (χ0n) is 12.6. The molecular weight excluding hydrogens is 300 g/mol. The van der Waals surface area contributed by atoms with E-state index >= 15 is 0 Å². The second kappa shape index (κ2) is 5.14. The molecule has 0 aliphatic carbocycles. The number of fused-ring (bicyclic) bond motifs is 1. The van der Waals surface area contributed by atoms with Gasteiger partial charge in [0.15, 0.2) is 0 Å². The van der Waals surface area contributed by atoms with E-state index in [2.05, 4.69) is 4.98 Å². The van der Waals surface area contributed by atoms with E-state index in [1.54, 1.807) is 30.7 Å². The Kier molecular flexibility index (Phi) is 3.41. The third-order valence-electron chi connectivity index (χ3n) is 3.53. The molecule has 22 heavy (non-hydrogen) atoms. The first kappa shape index (κ1) is 14.6. The summed E-state index contributed by atoms with van der Waals surface area (Å²) >= 11 is 0. The quantitative estimate of drug-likeness (QED) is 0.697. The minimum atomic E-state index is -3.91. The summed E-state index contributed by atoms with van der Waals surface area (Å²) in [5.41, 5.74) is 3.15. The number of benzene rings is 2. The molecule has 3 rings (SSSR count). The second-order valence-corrected chi connectivity index (χ2v) is 6.76. The predicted molar refractivity (Wildman–Crippen MR) is 84.4 cm³/mol. The Hall–Kier alpha value is -2.34. The molecule has 0 saturated heterocycles. The highest BCUT2D eigenvalue weighted by atomic mass is 32.2. The summed E-state index contributed by atoms with van der Waals surface area (Å²) in [5, 5.41) is 0. The normalized spacial score (nSPS) is 11.8. The van der Waals surface area contributed by atoms with E-state index in [0.717, 1.165) is 11.1 Å². The van der Waals surface area contributed by atoms with Crippen LogP contribution in [-0.4, -0.2) is 18.0 Å². The molecule has 0 aliphatic heterocycles. The Morgan fingerprint density at radius 1 is 1.09 bits per heavy atom. The smallest absolute Gasteiger partial charge is 0.341 e. The summed E-state index contributed by atoms with van der Waals surface area (Å²) in [6.07, 6.45) is 0. The Labute approximate surface area is 129 Å². The number of rotatable bonds is 3. The van der Waals surface area contributed by atoms with Crippen LogP contribution in [0.5, 0.6) is 6.01 Å². The Bertz CT molecular complexity index is 959. The van der Waals surface area contributed by atoms with Crippen molar-refractivity contribution in [1.29, 1.82) is 0 Å². The Morgan fingerprint density at radius 3 is 2.50 bits per heavy atom. The molecule has 0 fully saturated rings. The lowest BCUT2D eigenvalue weighted by atomic mass is 10.2. The highest BCUT2D eigenvalue weighted by Gasteiger charge is 2.22. The molecule has 0 bridgehead atoms. The first-order chi connectivity index (χ1) is 10.4. The maximum atomic E-state index is 12.5. The summed E-state index contributed by atoms with van der Waals surface area (Å²) in [4.78, 5) is 4.39. The lowest BCUT2D eigenvalue weighted by Crippen LogP contribution is -2.13. The van der Waals surface area contributed by atoms with Crippen LogP contribution in [0.25, 0.3) is 11.0 Å². The van der Waals surface area contributed by atoms with Gasteiger partial charge in [0, 0.05) is 7.05 Å². The molecule has 0 atom stereocenters. The van der Waals surface area contributed by atoms with E-state index in [0.29, 0.717) is 11.1 Å².